The van der Waals surface area contributed by atoms with Crippen molar-refractivity contribution in [3.05, 3.63) is 18.5 Å². The largest absolute Gasteiger partial charge is 0.383 e. The van der Waals surface area contributed by atoms with Crippen molar-refractivity contribution in [1.29, 1.82) is 0 Å². The van der Waals surface area contributed by atoms with E-state index in [1.807, 2.05) is 17.2 Å². The third kappa shape index (κ3) is 3.92. The molecule has 0 unspecified atom stereocenters. The maximum Gasteiger partial charge on any atom is 0.248 e. The smallest absolute Gasteiger partial charge is 0.248 e. The standard InChI is InChI=1S/C19H30N4O3/c1-26-15-11-20-18(25)19(23-12-5-10-21-23)8-13-22(14-9-19)17(24)16-6-3-2-4-7-16/h5,10,12,16H,2-4,6-9,11,13-15H2,1H3,(H,20,25). The Labute approximate surface area is 155 Å². The van der Waals surface area contributed by atoms with Gasteiger partial charge in [-0.1, -0.05) is 19.3 Å². The number of nitrogens with zero attached hydrogens (tertiary/aromatic N) is 3. The van der Waals surface area contributed by atoms with Crippen molar-refractivity contribution < 1.29 is 14.3 Å². The van der Waals surface area contributed by atoms with Gasteiger partial charge in [-0.15, -0.1) is 0 Å². The van der Waals surface area contributed by atoms with E-state index in [2.05, 4.69) is 10.4 Å². The average Bonchev–Trinajstić information content (AvgIpc) is 3.23. The Morgan fingerprint density at radius 3 is 2.58 bits per heavy atom. The van der Waals surface area contributed by atoms with Crippen molar-refractivity contribution in [3.63, 3.8) is 0 Å². The van der Waals surface area contributed by atoms with Crippen molar-refractivity contribution in [2.75, 3.05) is 33.4 Å². The van der Waals surface area contributed by atoms with E-state index in [1.165, 1.54) is 6.42 Å². The Bertz CT molecular complexity index is 588. The minimum atomic E-state index is -0.722. The monoisotopic (exact) mass is 362 g/mol. The predicted molar refractivity (Wildman–Crippen MR) is 97.5 cm³/mol. The van der Waals surface area contributed by atoms with Gasteiger partial charge in [0.15, 0.2) is 0 Å². The van der Waals surface area contributed by atoms with Gasteiger partial charge >= 0.3 is 0 Å². The summed E-state index contributed by atoms with van der Waals surface area (Å²) in [5.74, 6) is 0.415. The minimum Gasteiger partial charge on any atom is -0.383 e. The van der Waals surface area contributed by atoms with E-state index in [4.69, 9.17) is 4.74 Å². The molecule has 1 aliphatic carbocycles. The van der Waals surface area contributed by atoms with Crippen LogP contribution in [0.25, 0.3) is 0 Å². The molecule has 0 atom stereocenters. The number of carbonyl (C=O) groups excluding carboxylic acids is 2. The molecule has 0 spiro atoms. The number of methoxy groups -OCH3 is 1. The summed E-state index contributed by atoms with van der Waals surface area (Å²) < 4.78 is 6.79. The zero-order chi connectivity index (χ0) is 18.4. The SMILES string of the molecule is COCCNC(=O)C1(n2cccn2)CCN(C(=O)C2CCCCC2)CC1. The first-order valence-corrected chi connectivity index (χ1v) is 9.73. The second-order valence-electron chi connectivity index (χ2n) is 7.39. The Balaban J connectivity index is 1.67. The van der Waals surface area contributed by atoms with Gasteiger partial charge in [-0.25, -0.2) is 0 Å². The van der Waals surface area contributed by atoms with E-state index in [0.29, 0.717) is 39.1 Å². The summed E-state index contributed by atoms with van der Waals surface area (Å²) in [5, 5.41) is 7.30. The van der Waals surface area contributed by atoms with Gasteiger partial charge in [0, 0.05) is 45.1 Å². The van der Waals surface area contributed by atoms with Gasteiger partial charge in [-0.05, 0) is 31.7 Å². The molecule has 1 saturated heterocycles. The highest BCUT2D eigenvalue weighted by Gasteiger charge is 2.45. The molecule has 0 bridgehead atoms. The van der Waals surface area contributed by atoms with Crippen molar-refractivity contribution in [3.8, 4) is 0 Å². The number of aromatic nitrogens is 2. The number of carbonyl (C=O) groups is 2. The van der Waals surface area contributed by atoms with Crippen LogP contribution in [0, 0.1) is 5.92 Å². The maximum atomic E-state index is 12.9. The molecule has 7 heteroatoms. The molecule has 2 heterocycles. The lowest BCUT2D eigenvalue weighted by atomic mass is 9.84. The number of ether oxygens (including phenoxy) is 1. The molecule has 26 heavy (non-hydrogen) atoms. The normalized spacial score (nSPS) is 20.7. The molecular weight excluding hydrogens is 332 g/mol. The first kappa shape index (κ1) is 18.9. The van der Waals surface area contributed by atoms with Gasteiger partial charge < -0.3 is 15.0 Å². The van der Waals surface area contributed by atoms with Crippen LogP contribution in [-0.2, 0) is 19.9 Å². The molecule has 0 aromatic carbocycles. The molecule has 2 amide bonds. The average molecular weight is 362 g/mol. The van der Waals surface area contributed by atoms with Crippen LogP contribution in [-0.4, -0.2) is 59.8 Å². The van der Waals surface area contributed by atoms with Crippen molar-refractivity contribution >= 4 is 11.8 Å². The van der Waals surface area contributed by atoms with Gasteiger partial charge in [-0.3, -0.25) is 14.3 Å². The fourth-order valence-electron chi connectivity index (χ4n) is 4.22. The van der Waals surface area contributed by atoms with Gasteiger partial charge in [0.05, 0.1) is 6.61 Å². The molecular formula is C19H30N4O3. The first-order valence-electron chi connectivity index (χ1n) is 9.73. The number of rotatable bonds is 6. The van der Waals surface area contributed by atoms with E-state index >= 15 is 0 Å². The van der Waals surface area contributed by atoms with Crippen molar-refractivity contribution in [2.45, 2.75) is 50.5 Å². The highest BCUT2D eigenvalue weighted by molar-refractivity contribution is 5.85. The molecule has 1 aliphatic heterocycles. The van der Waals surface area contributed by atoms with Crippen LogP contribution in [0.2, 0.25) is 0 Å². The highest BCUT2D eigenvalue weighted by atomic mass is 16.5. The maximum absolute atomic E-state index is 12.9. The first-order chi connectivity index (χ1) is 12.7. The van der Waals surface area contributed by atoms with Crippen LogP contribution in [0.3, 0.4) is 0 Å². The van der Waals surface area contributed by atoms with Crippen LogP contribution in [0.1, 0.15) is 44.9 Å². The summed E-state index contributed by atoms with van der Waals surface area (Å²) in [5.41, 5.74) is -0.722. The fraction of sp³-hybridized carbons (Fsp3) is 0.737. The third-order valence-electron chi connectivity index (χ3n) is 5.81. The molecule has 2 fully saturated rings. The number of amides is 2. The minimum absolute atomic E-state index is 0.0389. The lowest BCUT2D eigenvalue weighted by molar-refractivity contribution is -0.143. The van der Waals surface area contributed by atoms with E-state index in [0.717, 1.165) is 25.7 Å². The van der Waals surface area contributed by atoms with Crippen molar-refractivity contribution in [1.82, 2.24) is 20.0 Å². The Kier molecular flexibility index (Phi) is 6.29. The molecule has 3 rings (SSSR count). The highest BCUT2D eigenvalue weighted by Crippen LogP contribution is 2.32. The second kappa shape index (κ2) is 8.66. The van der Waals surface area contributed by atoms with Gasteiger partial charge in [-0.2, -0.15) is 5.10 Å². The van der Waals surface area contributed by atoms with E-state index < -0.39 is 5.54 Å². The third-order valence-corrected chi connectivity index (χ3v) is 5.81. The van der Waals surface area contributed by atoms with E-state index in [1.54, 1.807) is 18.0 Å². The number of hydrogen-bond acceptors (Lipinski definition) is 4. The van der Waals surface area contributed by atoms with E-state index in [9.17, 15) is 9.59 Å². The Morgan fingerprint density at radius 1 is 1.23 bits per heavy atom. The predicted octanol–water partition coefficient (Wildman–Crippen LogP) is 1.54. The molecule has 1 saturated carbocycles. The number of likely N-dealkylation sites (tertiary alicyclic amines) is 1. The summed E-state index contributed by atoms with van der Waals surface area (Å²) in [6.07, 6.45) is 10.3. The number of piperidine rings is 1. The van der Waals surface area contributed by atoms with Gasteiger partial charge in [0.1, 0.15) is 5.54 Å². The second-order valence-corrected chi connectivity index (χ2v) is 7.39. The van der Waals surface area contributed by atoms with Crippen LogP contribution >= 0.6 is 0 Å². The number of hydrogen-bond donors (Lipinski definition) is 1. The molecule has 1 aromatic rings. The van der Waals surface area contributed by atoms with Gasteiger partial charge in [0.2, 0.25) is 11.8 Å². The fourth-order valence-corrected chi connectivity index (χ4v) is 4.22. The molecule has 1 aromatic heterocycles. The lowest BCUT2D eigenvalue weighted by Crippen LogP contribution is -2.57. The molecule has 1 N–H and O–H groups in total. The summed E-state index contributed by atoms with van der Waals surface area (Å²) in [6, 6.07) is 1.84. The molecule has 144 valence electrons. The summed E-state index contributed by atoms with van der Waals surface area (Å²) in [7, 11) is 1.62. The van der Waals surface area contributed by atoms with Crippen LogP contribution < -0.4 is 5.32 Å². The van der Waals surface area contributed by atoms with E-state index in [-0.39, 0.29) is 17.7 Å². The molecule has 7 nitrogen and oxygen atoms in total. The van der Waals surface area contributed by atoms with Crippen molar-refractivity contribution in [2.24, 2.45) is 5.92 Å². The molecule has 2 aliphatic rings. The van der Waals surface area contributed by atoms with Crippen LogP contribution in [0.5, 0.6) is 0 Å². The topological polar surface area (TPSA) is 76.5 Å². The zero-order valence-electron chi connectivity index (χ0n) is 15.7. The number of nitrogens with one attached hydrogen (secondary N) is 1. The van der Waals surface area contributed by atoms with Crippen LogP contribution in [0.15, 0.2) is 18.5 Å². The Hall–Kier alpha value is -1.89. The summed E-state index contributed by atoms with van der Waals surface area (Å²) >= 11 is 0. The quantitative estimate of drug-likeness (QED) is 0.779. The van der Waals surface area contributed by atoms with Crippen LogP contribution in [0.4, 0.5) is 0 Å². The Morgan fingerprint density at radius 2 is 1.96 bits per heavy atom. The van der Waals surface area contributed by atoms with Gasteiger partial charge in [0.25, 0.3) is 0 Å². The zero-order valence-corrected chi connectivity index (χ0v) is 15.7. The lowest BCUT2D eigenvalue weighted by Gasteiger charge is -2.42. The summed E-state index contributed by atoms with van der Waals surface area (Å²) in [4.78, 5) is 27.7. The summed E-state index contributed by atoms with van der Waals surface area (Å²) in [6.45, 7) is 2.16. The molecule has 0 radical (unpaired) electrons.